The minimum absolute atomic E-state index is 0.142. The molecule has 2 N–H and O–H groups in total. The van der Waals surface area contributed by atoms with Crippen LogP contribution in [0.25, 0.3) is 0 Å². The van der Waals surface area contributed by atoms with Gasteiger partial charge >= 0.3 is 6.18 Å². The van der Waals surface area contributed by atoms with Crippen molar-refractivity contribution in [3.05, 3.63) is 52.8 Å². The second-order valence-corrected chi connectivity index (χ2v) is 10.3. The lowest BCUT2D eigenvalue weighted by atomic mass is 9.93. The van der Waals surface area contributed by atoms with E-state index in [1.807, 2.05) is 11.6 Å². The zero-order valence-electron chi connectivity index (χ0n) is 20.4. The molecule has 1 aliphatic carbocycles. The molecule has 7 nitrogen and oxygen atoms in total. The lowest BCUT2D eigenvalue weighted by Gasteiger charge is -2.35. The third-order valence-corrected chi connectivity index (χ3v) is 8.01. The Morgan fingerprint density at radius 1 is 1.03 bits per heavy atom. The van der Waals surface area contributed by atoms with Crippen molar-refractivity contribution < 1.29 is 22.8 Å². The van der Waals surface area contributed by atoms with Gasteiger partial charge in [0, 0.05) is 38.0 Å². The number of benzene rings is 1. The van der Waals surface area contributed by atoms with E-state index in [0.717, 1.165) is 50.5 Å². The van der Waals surface area contributed by atoms with Crippen LogP contribution in [0.1, 0.15) is 84.1 Å². The molecule has 2 aromatic rings. The average molecular weight is 504 g/mol. The highest BCUT2D eigenvalue weighted by atomic mass is 19.4. The molecule has 0 spiro atoms. The van der Waals surface area contributed by atoms with Crippen LogP contribution in [0.15, 0.2) is 30.5 Å². The first-order valence-electron chi connectivity index (χ1n) is 12.7. The SMILES string of the molecule is CC(C(N)=O)N1CCC(n2ncc(C(=O)N3CC[C@@H](c4ccccc4C(F)(F)F)C3)c2C2CC2)CC1. The maximum atomic E-state index is 13.6. The quantitative estimate of drug-likeness (QED) is 0.648. The van der Waals surface area contributed by atoms with Gasteiger partial charge in [0.05, 0.1) is 35.1 Å². The second kappa shape index (κ2) is 9.53. The van der Waals surface area contributed by atoms with E-state index >= 15 is 0 Å². The Bertz CT molecular complexity index is 1130. The Morgan fingerprint density at radius 3 is 2.36 bits per heavy atom. The van der Waals surface area contributed by atoms with Gasteiger partial charge < -0.3 is 10.6 Å². The molecule has 2 saturated heterocycles. The summed E-state index contributed by atoms with van der Waals surface area (Å²) in [6, 6.07) is 5.50. The van der Waals surface area contributed by atoms with Crippen molar-refractivity contribution in [1.82, 2.24) is 19.6 Å². The number of piperidine rings is 1. The molecule has 0 bridgehead atoms. The number of aromatic nitrogens is 2. The van der Waals surface area contributed by atoms with Crippen LogP contribution in [0.2, 0.25) is 0 Å². The summed E-state index contributed by atoms with van der Waals surface area (Å²) in [5.41, 5.74) is 6.64. The van der Waals surface area contributed by atoms with Crippen molar-refractivity contribution in [2.75, 3.05) is 26.2 Å². The first-order chi connectivity index (χ1) is 17.1. The van der Waals surface area contributed by atoms with E-state index in [1.54, 1.807) is 17.2 Å². The fraction of sp³-hybridized carbons (Fsp3) is 0.577. The predicted octanol–water partition coefficient (Wildman–Crippen LogP) is 3.92. The van der Waals surface area contributed by atoms with Gasteiger partial charge in [0.2, 0.25) is 5.91 Å². The lowest BCUT2D eigenvalue weighted by molar-refractivity contribution is -0.138. The number of nitrogens with zero attached hydrogens (tertiary/aromatic N) is 4. The summed E-state index contributed by atoms with van der Waals surface area (Å²) in [7, 11) is 0. The molecule has 1 unspecified atom stereocenters. The van der Waals surface area contributed by atoms with Crippen LogP contribution in [0.4, 0.5) is 13.2 Å². The molecular weight excluding hydrogens is 471 g/mol. The van der Waals surface area contributed by atoms with Crippen LogP contribution in [-0.4, -0.2) is 63.6 Å². The molecule has 2 aliphatic heterocycles. The van der Waals surface area contributed by atoms with Crippen molar-refractivity contribution in [1.29, 1.82) is 0 Å². The smallest absolute Gasteiger partial charge is 0.368 e. The fourth-order valence-electron chi connectivity index (χ4n) is 5.77. The van der Waals surface area contributed by atoms with Crippen LogP contribution in [0.5, 0.6) is 0 Å². The first-order valence-corrected chi connectivity index (χ1v) is 12.7. The van der Waals surface area contributed by atoms with Gasteiger partial charge in [-0.2, -0.15) is 18.3 Å². The number of primary amides is 1. The molecule has 0 radical (unpaired) electrons. The normalized spacial score (nSPS) is 22.7. The minimum atomic E-state index is -4.42. The summed E-state index contributed by atoms with van der Waals surface area (Å²) < 4.78 is 42.6. The number of carbonyl (C=O) groups excluding carboxylic acids is 2. The molecule has 3 aliphatic rings. The van der Waals surface area contributed by atoms with Crippen molar-refractivity contribution in [3.8, 4) is 0 Å². The Morgan fingerprint density at radius 2 is 1.72 bits per heavy atom. The standard InChI is InChI=1S/C26H32F3N5O2/c1-16(24(30)35)32-12-9-19(10-13-32)34-23(17-6-7-17)21(14-31-34)25(36)33-11-8-18(15-33)20-4-2-3-5-22(20)26(27,28)29/h2-5,14,16-19H,6-13,15H2,1H3,(H2,30,35)/t16?,18-/m1/s1. The molecule has 3 heterocycles. The zero-order chi connectivity index (χ0) is 25.6. The number of alkyl halides is 3. The van der Waals surface area contributed by atoms with Gasteiger partial charge in [-0.05, 0) is 50.7 Å². The highest BCUT2D eigenvalue weighted by molar-refractivity contribution is 5.95. The highest BCUT2D eigenvalue weighted by Gasteiger charge is 2.40. The fourth-order valence-corrected chi connectivity index (χ4v) is 5.77. The van der Waals surface area contributed by atoms with E-state index in [4.69, 9.17) is 5.73 Å². The van der Waals surface area contributed by atoms with Gasteiger partial charge in [0.1, 0.15) is 0 Å². The third kappa shape index (κ3) is 4.75. The minimum Gasteiger partial charge on any atom is -0.368 e. The molecule has 5 rings (SSSR count). The van der Waals surface area contributed by atoms with Gasteiger partial charge in [-0.15, -0.1) is 0 Å². The Hall–Kier alpha value is -2.88. The van der Waals surface area contributed by atoms with Gasteiger partial charge in [0.15, 0.2) is 0 Å². The zero-order valence-corrected chi connectivity index (χ0v) is 20.4. The maximum Gasteiger partial charge on any atom is 0.416 e. The third-order valence-electron chi connectivity index (χ3n) is 8.01. The van der Waals surface area contributed by atoms with E-state index in [2.05, 4.69) is 10.00 Å². The topological polar surface area (TPSA) is 84.5 Å². The molecule has 1 aromatic heterocycles. The Balaban J connectivity index is 1.32. The number of nitrogens with two attached hydrogens (primary N) is 1. The highest BCUT2D eigenvalue weighted by Crippen LogP contribution is 2.44. The summed E-state index contributed by atoms with van der Waals surface area (Å²) >= 11 is 0. The molecule has 1 aromatic carbocycles. The van der Waals surface area contributed by atoms with Crippen molar-refractivity contribution in [3.63, 3.8) is 0 Å². The van der Waals surface area contributed by atoms with Crippen LogP contribution >= 0.6 is 0 Å². The monoisotopic (exact) mass is 503 g/mol. The van der Waals surface area contributed by atoms with E-state index in [1.165, 1.54) is 12.1 Å². The summed E-state index contributed by atoms with van der Waals surface area (Å²) in [4.78, 5) is 28.9. The molecular formula is C26H32F3N5O2. The number of hydrogen-bond acceptors (Lipinski definition) is 4. The largest absolute Gasteiger partial charge is 0.416 e. The number of hydrogen-bond donors (Lipinski definition) is 1. The Labute approximate surface area is 208 Å². The lowest BCUT2D eigenvalue weighted by Crippen LogP contribution is -2.46. The summed E-state index contributed by atoms with van der Waals surface area (Å²) in [5, 5.41) is 4.63. The average Bonchev–Trinajstić information content (AvgIpc) is 3.40. The second-order valence-electron chi connectivity index (χ2n) is 10.3. The van der Waals surface area contributed by atoms with Gasteiger partial charge in [-0.25, -0.2) is 0 Å². The number of likely N-dealkylation sites (tertiary alicyclic amines) is 2. The van der Waals surface area contributed by atoms with Crippen LogP contribution in [0.3, 0.4) is 0 Å². The number of halogens is 3. The molecule has 2 amide bonds. The first kappa shape index (κ1) is 24.8. The van der Waals surface area contributed by atoms with E-state index in [-0.39, 0.29) is 41.9 Å². The molecule has 2 atom stereocenters. The van der Waals surface area contributed by atoms with Gasteiger partial charge in [0.25, 0.3) is 5.91 Å². The van der Waals surface area contributed by atoms with Crippen LogP contribution in [0, 0.1) is 0 Å². The maximum absolute atomic E-state index is 13.6. The summed E-state index contributed by atoms with van der Waals surface area (Å²) in [6.07, 6.45) is 1.36. The van der Waals surface area contributed by atoms with Crippen LogP contribution in [-0.2, 0) is 11.0 Å². The van der Waals surface area contributed by atoms with Crippen molar-refractivity contribution in [2.24, 2.45) is 5.73 Å². The number of rotatable bonds is 6. The molecule has 1 saturated carbocycles. The van der Waals surface area contributed by atoms with Gasteiger partial charge in [-0.1, -0.05) is 18.2 Å². The Kier molecular flexibility index (Phi) is 6.57. The van der Waals surface area contributed by atoms with E-state index in [9.17, 15) is 22.8 Å². The predicted molar refractivity (Wildman–Crippen MR) is 127 cm³/mol. The van der Waals surface area contributed by atoms with Gasteiger partial charge in [-0.3, -0.25) is 19.2 Å². The summed E-state index contributed by atoms with van der Waals surface area (Å²) in [5.74, 6) is -0.531. The molecule has 194 valence electrons. The number of carbonyl (C=O) groups is 2. The van der Waals surface area contributed by atoms with Crippen LogP contribution < -0.4 is 5.73 Å². The number of amides is 2. The molecule has 10 heteroatoms. The molecule has 36 heavy (non-hydrogen) atoms. The van der Waals surface area contributed by atoms with E-state index < -0.39 is 11.7 Å². The van der Waals surface area contributed by atoms with E-state index in [0.29, 0.717) is 24.4 Å². The van der Waals surface area contributed by atoms with Crippen molar-refractivity contribution in [2.45, 2.75) is 69.1 Å². The van der Waals surface area contributed by atoms with Crippen molar-refractivity contribution >= 4 is 11.8 Å². The summed E-state index contributed by atoms with van der Waals surface area (Å²) in [6.45, 7) is 3.97. The molecule has 3 fully saturated rings.